The highest BCUT2D eigenvalue weighted by atomic mass is 35.5. The van der Waals surface area contributed by atoms with E-state index >= 15 is 0 Å². The molecule has 6 nitrogen and oxygen atoms in total. The van der Waals surface area contributed by atoms with E-state index in [1.165, 1.54) is 30.9 Å². The Labute approximate surface area is 258 Å². The van der Waals surface area contributed by atoms with Crippen LogP contribution in [0.2, 0.25) is 5.02 Å². The number of rotatable bonds is 8. The summed E-state index contributed by atoms with van der Waals surface area (Å²) in [5.74, 6) is 3.65. The van der Waals surface area contributed by atoms with Crippen LogP contribution >= 0.6 is 11.6 Å². The van der Waals surface area contributed by atoms with Crippen molar-refractivity contribution in [3.05, 3.63) is 94.0 Å². The molecule has 0 amide bonds. The van der Waals surface area contributed by atoms with Crippen molar-refractivity contribution in [3.8, 4) is 17.1 Å². The molecule has 2 aliphatic heterocycles. The lowest BCUT2D eigenvalue weighted by Crippen LogP contribution is -2.34. The molecule has 8 heteroatoms. The van der Waals surface area contributed by atoms with E-state index in [-0.39, 0.29) is 5.82 Å². The van der Waals surface area contributed by atoms with Crippen molar-refractivity contribution >= 4 is 17.7 Å². The Morgan fingerprint density at radius 3 is 2.70 bits per heavy atom. The molecule has 2 aromatic carbocycles. The first-order valence-electron chi connectivity index (χ1n) is 15.5. The molecule has 3 aliphatic rings. The van der Waals surface area contributed by atoms with E-state index in [0.29, 0.717) is 28.8 Å². The van der Waals surface area contributed by atoms with Gasteiger partial charge in [-0.25, -0.2) is 14.4 Å². The maximum atomic E-state index is 14.9. The third kappa shape index (κ3) is 5.31. The number of para-hydroxylation sites is 1. The number of benzene rings is 2. The number of aromatic nitrogens is 4. The average Bonchev–Trinajstić information content (AvgIpc) is 3.65. The van der Waals surface area contributed by atoms with Gasteiger partial charge in [-0.3, -0.25) is 4.90 Å². The maximum Gasteiger partial charge on any atom is 0.138 e. The molecule has 224 valence electrons. The van der Waals surface area contributed by atoms with E-state index < -0.39 is 5.60 Å². The van der Waals surface area contributed by atoms with Gasteiger partial charge in [0.2, 0.25) is 0 Å². The van der Waals surface area contributed by atoms with Crippen LogP contribution in [0.4, 0.5) is 4.39 Å². The maximum absolute atomic E-state index is 14.9. The molecule has 1 N–H and O–H groups in total. The van der Waals surface area contributed by atoms with E-state index in [9.17, 15) is 4.39 Å². The minimum absolute atomic E-state index is 0.319. The van der Waals surface area contributed by atoms with E-state index in [1.807, 2.05) is 13.1 Å². The van der Waals surface area contributed by atoms with E-state index in [4.69, 9.17) is 21.3 Å². The van der Waals surface area contributed by atoms with Gasteiger partial charge in [0.25, 0.3) is 0 Å². The molecule has 2 fully saturated rings. The molecule has 1 saturated heterocycles. The van der Waals surface area contributed by atoms with Gasteiger partial charge in [-0.1, -0.05) is 48.9 Å². The molecule has 43 heavy (non-hydrogen) atoms. The summed E-state index contributed by atoms with van der Waals surface area (Å²) >= 11 is 6.03. The minimum Gasteiger partial charge on any atom is -0.482 e. The van der Waals surface area contributed by atoms with Crippen LogP contribution in [0, 0.1) is 18.7 Å². The van der Waals surface area contributed by atoms with Gasteiger partial charge in [-0.05, 0) is 93.8 Å². The van der Waals surface area contributed by atoms with Gasteiger partial charge in [-0.15, -0.1) is 0 Å². The number of piperidine rings is 1. The number of fused-ring (bicyclic) bond motifs is 1. The second-order valence-electron chi connectivity index (χ2n) is 12.8. The lowest BCUT2D eigenvalue weighted by Gasteiger charge is -2.33. The van der Waals surface area contributed by atoms with Crippen LogP contribution in [0.3, 0.4) is 0 Å². The Morgan fingerprint density at radius 2 is 2.00 bits per heavy atom. The topological polar surface area (TPSA) is 59.0 Å². The summed E-state index contributed by atoms with van der Waals surface area (Å²) in [6.07, 6.45) is 10.3. The number of likely N-dealkylation sites (tertiary alicyclic amines) is 1. The van der Waals surface area contributed by atoms with E-state index in [1.54, 1.807) is 18.2 Å². The van der Waals surface area contributed by atoms with Crippen molar-refractivity contribution in [1.82, 2.24) is 24.4 Å². The number of aromatic amines is 1. The Bertz CT molecular complexity index is 1660. The monoisotopic (exact) mass is 599 g/mol. The molecule has 0 unspecified atom stereocenters. The first kappa shape index (κ1) is 28.4. The molecule has 2 aromatic heterocycles. The van der Waals surface area contributed by atoms with Crippen molar-refractivity contribution in [2.24, 2.45) is 5.92 Å². The van der Waals surface area contributed by atoms with Gasteiger partial charge in [0.15, 0.2) is 0 Å². The number of nitrogens with one attached hydrogen (secondary N) is 1. The smallest absolute Gasteiger partial charge is 0.138 e. The second-order valence-corrected chi connectivity index (χ2v) is 13.2. The third-order valence-corrected chi connectivity index (χ3v) is 10.0. The Kier molecular flexibility index (Phi) is 7.42. The number of ether oxygens (including phenoxy) is 1. The fraction of sp³-hybridized carbons (Fsp3) is 0.429. The lowest BCUT2D eigenvalue weighted by atomic mass is 9.85. The van der Waals surface area contributed by atoms with Crippen LogP contribution in [0.15, 0.2) is 49.2 Å². The molecule has 1 saturated carbocycles. The average molecular weight is 600 g/mol. The van der Waals surface area contributed by atoms with Crippen molar-refractivity contribution < 1.29 is 9.13 Å². The normalized spacial score (nSPS) is 21.0. The van der Waals surface area contributed by atoms with Gasteiger partial charge in [0.05, 0.1) is 29.8 Å². The predicted octanol–water partition coefficient (Wildman–Crippen LogP) is 8.05. The molecule has 1 atom stereocenters. The summed E-state index contributed by atoms with van der Waals surface area (Å²) in [5, 5.41) is 0.396. The van der Waals surface area contributed by atoms with Gasteiger partial charge >= 0.3 is 0 Å². The summed E-state index contributed by atoms with van der Waals surface area (Å²) in [6.45, 7) is 11.8. The number of halogens is 2. The van der Waals surface area contributed by atoms with Crippen molar-refractivity contribution in [2.75, 3.05) is 13.1 Å². The third-order valence-electron chi connectivity index (χ3n) is 9.81. The molecular formula is C35H39ClFN5O. The summed E-state index contributed by atoms with van der Waals surface area (Å²) in [6, 6.07) is 11.3. The Morgan fingerprint density at radius 1 is 1.19 bits per heavy atom. The second kappa shape index (κ2) is 11.3. The molecule has 7 rings (SSSR count). The number of nitrogens with zero attached hydrogens (tertiary/aromatic N) is 4. The Hall–Kier alpha value is -3.42. The number of H-pyrrole nitrogens is 1. The zero-order chi connectivity index (χ0) is 29.7. The highest BCUT2D eigenvalue weighted by Gasteiger charge is 2.41. The molecule has 0 spiro atoms. The molecule has 0 radical (unpaired) electrons. The number of aryl methyl sites for hydroxylation is 1. The number of hydrogen-bond acceptors (Lipinski definition) is 4. The predicted molar refractivity (Wildman–Crippen MR) is 169 cm³/mol. The van der Waals surface area contributed by atoms with Crippen molar-refractivity contribution in [3.63, 3.8) is 0 Å². The van der Waals surface area contributed by atoms with Gasteiger partial charge in [0.1, 0.15) is 28.8 Å². The minimum atomic E-state index is -0.748. The zero-order valence-corrected chi connectivity index (χ0v) is 25.8. The lowest BCUT2D eigenvalue weighted by molar-refractivity contribution is 0.108. The molecule has 1 aliphatic carbocycles. The standard InChI is InChI=1S/C35H39ClFN5O/c1-4-31-38-19-30(40-31)33-22(2)39-32(42(33)20-23-7-5-8-23)21-41-15-13-24(14-16-41)27-10-6-9-25-18-35(3,43-34(25)27)28-12-11-26(36)17-29(28)37/h4,6,9-12,17,19,23-24H,1,5,7-8,13-16,18,20-21H2,2-3H3,(H,38,40)/t35-/m1/s1. The fourth-order valence-electron chi connectivity index (χ4n) is 7.27. The van der Waals surface area contributed by atoms with Crippen molar-refractivity contribution in [2.45, 2.75) is 77.0 Å². The Balaban J connectivity index is 1.07. The van der Waals surface area contributed by atoms with Crippen LogP contribution in [0.5, 0.6) is 5.75 Å². The molecule has 4 aromatic rings. The fourth-order valence-corrected chi connectivity index (χ4v) is 7.43. The summed E-state index contributed by atoms with van der Waals surface area (Å²) in [7, 11) is 0. The summed E-state index contributed by atoms with van der Waals surface area (Å²) < 4.78 is 24.0. The van der Waals surface area contributed by atoms with Gasteiger partial charge in [0, 0.05) is 23.6 Å². The summed E-state index contributed by atoms with van der Waals surface area (Å²) in [4.78, 5) is 15.5. The quantitative estimate of drug-likeness (QED) is 0.223. The van der Waals surface area contributed by atoms with Crippen LogP contribution < -0.4 is 4.74 Å². The van der Waals surface area contributed by atoms with Crippen LogP contribution in [0.25, 0.3) is 17.5 Å². The highest BCUT2D eigenvalue weighted by Crippen LogP contribution is 2.47. The molecule has 0 bridgehead atoms. The number of imidazole rings is 2. The number of hydrogen-bond donors (Lipinski definition) is 1. The highest BCUT2D eigenvalue weighted by molar-refractivity contribution is 6.30. The SMILES string of the molecule is C=Cc1ncc(-c2c(C)nc(CN3CCC(c4cccc5c4O[C@@](C)(c4ccc(Cl)cc4F)C5)CC3)n2CC2CCC2)[nH]1. The van der Waals surface area contributed by atoms with Gasteiger partial charge < -0.3 is 14.3 Å². The largest absolute Gasteiger partial charge is 0.482 e. The van der Waals surface area contributed by atoms with E-state index in [2.05, 4.69) is 51.1 Å². The van der Waals surface area contributed by atoms with E-state index in [0.717, 1.165) is 79.1 Å². The van der Waals surface area contributed by atoms with Crippen molar-refractivity contribution in [1.29, 1.82) is 0 Å². The van der Waals surface area contributed by atoms with Crippen LogP contribution in [-0.4, -0.2) is 37.5 Å². The van der Waals surface area contributed by atoms with Gasteiger partial charge in [-0.2, -0.15) is 0 Å². The van der Waals surface area contributed by atoms with Crippen LogP contribution in [-0.2, 0) is 25.1 Å². The van der Waals surface area contributed by atoms with Crippen LogP contribution in [0.1, 0.15) is 79.0 Å². The first-order chi connectivity index (χ1) is 20.8. The summed E-state index contributed by atoms with van der Waals surface area (Å²) in [5.41, 5.74) is 5.40. The zero-order valence-electron chi connectivity index (χ0n) is 25.0. The molecular weight excluding hydrogens is 561 g/mol. The first-order valence-corrected chi connectivity index (χ1v) is 15.9. The molecule has 4 heterocycles.